The molecule has 5 nitrogen and oxygen atoms in total. The van der Waals surface area contributed by atoms with Gasteiger partial charge in [0.1, 0.15) is 9.88 Å². The van der Waals surface area contributed by atoms with Gasteiger partial charge in [0.15, 0.2) is 0 Å². The summed E-state index contributed by atoms with van der Waals surface area (Å²) in [5.74, 6) is -1.09. The van der Waals surface area contributed by atoms with E-state index in [-0.39, 0.29) is 16.8 Å². The van der Waals surface area contributed by atoms with Gasteiger partial charge in [-0.1, -0.05) is 6.07 Å². The standard InChI is InChI=1S/C15H18N2O3S2/c1-8-11(13(18)19)22-12(16-8)9(2)17-14(20)15(3,4)10-6-5-7-21-10/h5-7,9H,1-4H3,(H,17,20)(H,18,19). The fraction of sp³-hybridized carbons (Fsp3) is 0.400. The van der Waals surface area contributed by atoms with E-state index >= 15 is 0 Å². The molecule has 2 N–H and O–H groups in total. The van der Waals surface area contributed by atoms with Crippen molar-refractivity contribution in [1.29, 1.82) is 0 Å². The number of aromatic carboxylic acids is 1. The Labute approximate surface area is 137 Å². The molecule has 1 unspecified atom stereocenters. The molecule has 0 aliphatic heterocycles. The van der Waals surface area contributed by atoms with Crippen LogP contribution in [0.2, 0.25) is 0 Å². The first kappa shape index (κ1) is 16.6. The lowest BCUT2D eigenvalue weighted by Gasteiger charge is -2.24. The van der Waals surface area contributed by atoms with Crippen molar-refractivity contribution < 1.29 is 14.7 Å². The highest BCUT2D eigenvalue weighted by Gasteiger charge is 2.32. The summed E-state index contributed by atoms with van der Waals surface area (Å²) in [5, 5.41) is 14.6. The monoisotopic (exact) mass is 338 g/mol. The van der Waals surface area contributed by atoms with Crippen molar-refractivity contribution in [2.75, 3.05) is 0 Å². The molecule has 2 rings (SSSR count). The molecule has 0 saturated heterocycles. The summed E-state index contributed by atoms with van der Waals surface area (Å²) in [7, 11) is 0. The molecule has 118 valence electrons. The lowest BCUT2D eigenvalue weighted by atomic mass is 9.90. The Morgan fingerprint density at radius 2 is 2.09 bits per heavy atom. The second kappa shape index (κ2) is 6.18. The van der Waals surface area contributed by atoms with E-state index in [1.807, 2.05) is 38.3 Å². The molecule has 0 aromatic carbocycles. The van der Waals surface area contributed by atoms with Crippen LogP contribution in [0.15, 0.2) is 17.5 Å². The molecule has 2 heterocycles. The van der Waals surface area contributed by atoms with Crippen molar-refractivity contribution in [2.24, 2.45) is 0 Å². The van der Waals surface area contributed by atoms with Crippen LogP contribution in [0.4, 0.5) is 0 Å². The molecule has 2 aromatic heterocycles. The van der Waals surface area contributed by atoms with Gasteiger partial charge in [-0.2, -0.15) is 0 Å². The van der Waals surface area contributed by atoms with Gasteiger partial charge in [0.05, 0.1) is 17.2 Å². The van der Waals surface area contributed by atoms with Gasteiger partial charge >= 0.3 is 5.97 Å². The largest absolute Gasteiger partial charge is 0.477 e. The number of carboxylic acids is 1. The molecule has 0 aliphatic carbocycles. The van der Waals surface area contributed by atoms with Crippen molar-refractivity contribution in [2.45, 2.75) is 39.2 Å². The van der Waals surface area contributed by atoms with Gasteiger partial charge in [-0.3, -0.25) is 4.79 Å². The van der Waals surface area contributed by atoms with E-state index in [4.69, 9.17) is 5.11 Å². The number of amides is 1. The van der Waals surface area contributed by atoms with Gasteiger partial charge in [0.25, 0.3) is 0 Å². The number of nitrogens with zero attached hydrogens (tertiary/aromatic N) is 1. The molecule has 1 amide bonds. The third-order valence-electron chi connectivity index (χ3n) is 3.43. The molecule has 1 atom stereocenters. The van der Waals surface area contributed by atoms with Gasteiger partial charge in [-0.25, -0.2) is 9.78 Å². The lowest BCUT2D eigenvalue weighted by molar-refractivity contribution is -0.126. The van der Waals surface area contributed by atoms with Gasteiger partial charge in [-0.05, 0) is 39.1 Å². The van der Waals surface area contributed by atoms with Crippen molar-refractivity contribution in [3.8, 4) is 0 Å². The van der Waals surface area contributed by atoms with Crippen LogP contribution in [-0.2, 0) is 10.2 Å². The van der Waals surface area contributed by atoms with Crippen LogP contribution in [0.1, 0.15) is 52.1 Å². The molecule has 0 aliphatic rings. The molecule has 0 bridgehead atoms. The summed E-state index contributed by atoms with van der Waals surface area (Å²) in [6.07, 6.45) is 0. The van der Waals surface area contributed by atoms with Crippen LogP contribution in [0.25, 0.3) is 0 Å². The third kappa shape index (κ3) is 3.20. The first-order valence-electron chi connectivity index (χ1n) is 6.79. The van der Waals surface area contributed by atoms with Gasteiger partial charge < -0.3 is 10.4 Å². The van der Waals surface area contributed by atoms with Crippen LogP contribution in [0, 0.1) is 6.92 Å². The zero-order chi connectivity index (χ0) is 16.5. The fourth-order valence-corrected chi connectivity index (χ4v) is 3.74. The van der Waals surface area contributed by atoms with E-state index in [0.717, 1.165) is 16.2 Å². The number of nitrogens with one attached hydrogen (secondary N) is 1. The van der Waals surface area contributed by atoms with Crippen LogP contribution >= 0.6 is 22.7 Å². The predicted molar refractivity (Wildman–Crippen MR) is 87.7 cm³/mol. The number of hydrogen-bond donors (Lipinski definition) is 2. The van der Waals surface area contributed by atoms with Crippen molar-refractivity contribution in [3.63, 3.8) is 0 Å². The summed E-state index contributed by atoms with van der Waals surface area (Å²) >= 11 is 2.64. The number of hydrogen-bond acceptors (Lipinski definition) is 5. The maximum atomic E-state index is 12.5. The van der Waals surface area contributed by atoms with Crippen LogP contribution < -0.4 is 5.32 Å². The molecule has 0 spiro atoms. The number of carbonyl (C=O) groups excluding carboxylic acids is 1. The highest BCUT2D eigenvalue weighted by atomic mass is 32.1. The molecule has 0 radical (unpaired) electrons. The van der Waals surface area contributed by atoms with E-state index in [2.05, 4.69) is 10.3 Å². The number of carboxylic acid groups (broad SMARTS) is 1. The Morgan fingerprint density at radius 3 is 2.59 bits per heavy atom. The molecular weight excluding hydrogens is 320 g/mol. The van der Waals surface area contributed by atoms with E-state index in [0.29, 0.717) is 10.7 Å². The van der Waals surface area contributed by atoms with Gasteiger partial charge in [0, 0.05) is 4.88 Å². The van der Waals surface area contributed by atoms with Crippen LogP contribution in [0.5, 0.6) is 0 Å². The fourth-order valence-electron chi connectivity index (χ4n) is 1.99. The number of carbonyl (C=O) groups is 2. The first-order valence-corrected chi connectivity index (χ1v) is 8.48. The van der Waals surface area contributed by atoms with Crippen molar-refractivity contribution >= 4 is 34.6 Å². The zero-order valence-electron chi connectivity index (χ0n) is 12.8. The predicted octanol–water partition coefficient (Wildman–Crippen LogP) is 3.37. The highest BCUT2D eigenvalue weighted by Crippen LogP contribution is 2.29. The Bertz CT molecular complexity index is 690. The summed E-state index contributed by atoms with van der Waals surface area (Å²) in [6.45, 7) is 7.22. The summed E-state index contributed by atoms with van der Waals surface area (Å²) in [4.78, 5) is 29.1. The number of aryl methyl sites for hydroxylation is 1. The number of aromatic nitrogens is 1. The van der Waals surface area contributed by atoms with Crippen LogP contribution in [-0.4, -0.2) is 22.0 Å². The molecule has 2 aromatic rings. The Hall–Kier alpha value is -1.73. The lowest BCUT2D eigenvalue weighted by Crippen LogP contribution is -2.40. The Morgan fingerprint density at radius 1 is 1.41 bits per heavy atom. The van der Waals surface area contributed by atoms with E-state index in [1.165, 1.54) is 0 Å². The normalized spacial score (nSPS) is 12.9. The molecule has 22 heavy (non-hydrogen) atoms. The average molecular weight is 338 g/mol. The van der Waals surface area contributed by atoms with Gasteiger partial charge in [-0.15, -0.1) is 22.7 Å². The molecule has 0 fully saturated rings. The smallest absolute Gasteiger partial charge is 0.347 e. The maximum absolute atomic E-state index is 12.5. The Kier molecular flexibility index (Phi) is 4.67. The maximum Gasteiger partial charge on any atom is 0.347 e. The summed E-state index contributed by atoms with van der Waals surface area (Å²) < 4.78 is 0. The minimum absolute atomic E-state index is 0.104. The number of thiophene rings is 1. The Balaban J connectivity index is 2.15. The average Bonchev–Trinajstić information content (AvgIpc) is 3.07. The van der Waals surface area contributed by atoms with E-state index in [9.17, 15) is 9.59 Å². The molecule has 7 heteroatoms. The summed E-state index contributed by atoms with van der Waals surface area (Å²) in [5.41, 5.74) is -0.157. The quantitative estimate of drug-likeness (QED) is 0.876. The van der Waals surface area contributed by atoms with Crippen LogP contribution in [0.3, 0.4) is 0 Å². The van der Waals surface area contributed by atoms with Crippen molar-refractivity contribution in [1.82, 2.24) is 10.3 Å². The highest BCUT2D eigenvalue weighted by molar-refractivity contribution is 7.13. The first-order chi connectivity index (χ1) is 10.2. The molecular formula is C15H18N2O3S2. The minimum Gasteiger partial charge on any atom is -0.477 e. The second-order valence-electron chi connectivity index (χ2n) is 5.57. The van der Waals surface area contributed by atoms with E-state index in [1.54, 1.807) is 18.3 Å². The topological polar surface area (TPSA) is 79.3 Å². The SMILES string of the molecule is Cc1nc(C(C)NC(=O)C(C)(C)c2cccs2)sc1C(=O)O. The molecule has 0 saturated carbocycles. The van der Waals surface area contributed by atoms with Crippen molar-refractivity contribution in [3.05, 3.63) is 38.0 Å². The number of thiazole rings is 1. The minimum atomic E-state index is -0.987. The number of rotatable bonds is 5. The second-order valence-corrected chi connectivity index (χ2v) is 7.55. The zero-order valence-corrected chi connectivity index (χ0v) is 14.5. The third-order valence-corrected chi connectivity index (χ3v) is 5.95. The van der Waals surface area contributed by atoms with E-state index < -0.39 is 11.4 Å². The summed E-state index contributed by atoms with van der Waals surface area (Å²) in [6, 6.07) is 3.52. The van der Waals surface area contributed by atoms with Gasteiger partial charge in [0.2, 0.25) is 5.91 Å².